The summed E-state index contributed by atoms with van der Waals surface area (Å²) in [6, 6.07) is 8.57. The average Bonchev–Trinajstić information content (AvgIpc) is 2.93. The molecule has 0 bridgehead atoms. The van der Waals surface area contributed by atoms with Crippen LogP contribution in [0, 0.1) is 0 Å². The van der Waals surface area contributed by atoms with Crippen molar-refractivity contribution in [2.45, 2.75) is 0 Å². The Morgan fingerprint density at radius 1 is 1.24 bits per heavy atom. The molecule has 1 amide bonds. The van der Waals surface area contributed by atoms with E-state index in [0.717, 1.165) is 5.52 Å². The Bertz CT molecular complexity index is 894. The second kappa shape index (κ2) is 7.74. The van der Waals surface area contributed by atoms with Crippen LogP contribution in [0.5, 0.6) is 5.88 Å². The zero-order valence-corrected chi connectivity index (χ0v) is 14.8. The number of amides is 1. The van der Waals surface area contributed by atoms with Crippen LogP contribution in [0.1, 0.15) is 10.5 Å². The minimum atomic E-state index is -0.368. The summed E-state index contributed by atoms with van der Waals surface area (Å²) in [4.78, 5) is 19.6. The van der Waals surface area contributed by atoms with Crippen molar-refractivity contribution in [3.8, 4) is 5.88 Å². The third-order valence-electron chi connectivity index (χ3n) is 3.46. The topological polar surface area (TPSA) is 76.2 Å². The summed E-state index contributed by atoms with van der Waals surface area (Å²) in [5.41, 5.74) is 1.52. The van der Waals surface area contributed by atoms with Crippen molar-refractivity contribution in [2.75, 3.05) is 25.6 Å². The van der Waals surface area contributed by atoms with Gasteiger partial charge in [-0.1, -0.05) is 23.2 Å². The number of pyridine rings is 1. The van der Waals surface area contributed by atoms with Gasteiger partial charge in [0.05, 0.1) is 23.5 Å². The lowest BCUT2D eigenvalue weighted by molar-refractivity contribution is 0.102. The molecule has 0 saturated carbocycles. The zero-order chi connectivity index (χ0) is 17.8. The van der Waals surface area contributed by atoms with Crippen LogP contribution in [0.25, 0.3) is 10.9 Å². The van der Waals surface area contributed by atoms with Gasteiger partial charge in [0, 0.05) is 29.1 Å². The van der Waals surface area contributed by atoms with E-state index in [2.05, 4.69) is 15.3 Å². The van der Waals surface area contributed by atoms with Crippen LogP contribution in [0.15, 0.2) is 36.5 Å². The lowest BCUT2D eigenvalue weighted by Crippen LogP contribution is -2.13. The van der Waals surface area contributed by atoms with Gasteiger partial charge >= 0.3 is 0 Å². The van der Waals surface area contributed by atoms with Crippen LogP contribution in [0.4, 0.5) is 5.69 Å². The number of benzene rings is 1. The average molecular weight is 380 g/mol. The molecule has 0 aliphatic carbocycles. The van der Waals surface area contributed by atoms with Crippen molar-refractivity contribution in [3.63, 3.8) is 0 Å². The number of hydrogen-bond donors (Lipinski definition) is 2. The predicted molar refractivity (Wildman–Crippen MR) is 97.9 cm³/mol. The van der Waals surface area contributed by atoms with Crippen LogP contribution in [0.2, 0.25) is 10.0 Å². The number of aromatic nitrogens is 2. The number of carbonyl (C=O) groups excluding carboxylic acids is 1. The number of ether oxygens (including phenoxy) is 2. The molecule has 25 heavy (non-hydrogen) atoms. The number of nitrogens with one attached hydrogen (secondary N) is 2. The summed E-state index contributed by atoms with van der Waals surface area (Å²) in [5.74, 6) is 0.0838. The normalized spacial score (nSPS) is 10.8. The minimum Gasteiger partial charge on any atom is -0.475 e. The van der Waals surface area contributed by atoms with Crippen LogP contribution < -0.4 is 10.1 Å². The molecule has 3 rings (SSSR count). The summed E-state index contributed by atoms with van der Waals surface area (Å²) in [6.07, 6.45) is 1.51. The summed E-state index contributed by atoms with van der Waals surface area (Å²) < 4.78 is 10.3. The third kappa shape index (κ3) is 4.04. The van der Waals surface area contributed by atoms with E-state index in [0.29, 0.717) is 40.2 Å². The van der Waals surface area contributed by atoms with Crippen LogP contribution in [0.3, 0.4) is 0 Å². The molecule has 0 radical (unpaired) electrons. The molecule has 2 aromatic heterocycles. The van der Waals surface area contributed by atoms with E-state index in [4.69, 9.17) is 32.7 Å². The molecule has 0 unspecified atom stereocenters. The lowest BCUT2D eigenvalue weighted by atomic mass is 10.2. The Kier molecular flexibility index (Phi) is 5.43. The third-order valence-corrected chi connectivity index (χ3v) is 4.08. The van der Waals surface area contributed by atoms with Gasteiger partial charge in [0.15, 0.2) is 0 Å². The first-order valence-electron chi connectivity index (χ1n) is 7.44. The molecule has 2 N–H and O–H groups in total. The fourth-order valence-electron chi connectivity index (χ4n) is 2.25. The fourth-order valence-corrected chi connectivity index (χ4v) is 2.71. The highest BCUT2D eigenvalue weighted by Crippen LogP contribution is 2.30. The van der Waals surface area contributed by atoms with Gasteiger partial charge in [0.1, 0.15) is 12.3 Å². The van der Waals surface area contributed by atoms with Gasteiger partial charge in [-0.25, -0.2) is 4.98 Å². The zero-order valence-electron chi connectivity index (χ0n) is 13.3. The van der Waals surface area contributed by atoms with Crippen molar-refractivity contribution in [1.82, 2.24) is 9.97 Å². The molecule has 0 fully saturated rings. The molecule has 8 heteroatoms. The Balaban J connectivity index is 1.73. The van der Waals surface area contributed by atoms with E-state index in [1.54, 1.807) is 37.4 Å². The van der Waals surface area contributed by atoms with Crippen molar-refractivity contribution >= 4 is 45.7 Å². The van der Waals surface area contributed by atoms with Crippen LogP contribution in [-0.4, -0.2) is 36.2 Å². The smallest absolute Gasteiger partial charge is 0.273 e. The number of carbonyl (C=O) groups is 1. The number of fused-ring (bicyclic) bond motifs is 1. The molecule has 130 valence electrons. The molecule has 0 saturated heterocycles. The maximum Gasteiger partial charge on any atom is 0.273 e. The molecule has 0 aliphatic rings. The summed E-state index contributed by atoms with van der Waals surface area (Å²) in [6.45, 7) is 0.880. The summed E-state index contributed by atoms with van der Waals surface area (Å²) >= 11 is 12.3. The van der Waals surface area contributed by atoms with Crippen molar-refractivity contribution in [1.29, 1.82) is 0 Å². The van der Waals surface area contributed by atoms with Crippen LogP contribution in [-0.2, 0) is 4.74 Å². The number of nitrogens with zero attached hydrogens (tertiary/aromatic N) is 1. The molecule has 6 nitrogen and oxygen atoms in total. The van der Waals surface area contributed by atoms with Crippen molar-refractivity contribution in [3.05, 3.63) is 52.3 Å². The summed E-state index contributed by atoms with van der Waals surface area (Å²) in [5, 5.41) is 4.30. The highest BCUT2D eigenvalue weighted by atomic mass is 35.5. The Morgan fingerprint density at radius 3 is 2.80 bits per heavy atom. The van der Waals surface area contributed by atoms with E-state index in [1.165, 1.54) is 6.20 Å². The quantitative estimate of drug-likeness (QED) is 0.630. The van der Waals surface area contributed by atoms with E-state index < -0.39 is 0 Å². The number of methoxy groups -OCH3 is 1. The Morgan fingerprint density at radius 2 is 2.08 bits per heavy atom. The molecule has 0 atom stereocenters. The maximum absolute atomic E-state index is 12.4. The number of H-pyrrole nitrogens is 1. The number of rotatable bonds is 6. The fraction of sp³-hybridized carbons (Fsp3) is 0.176. The highest BCUT2D eigenvalue weighted by molar-refractivity contribution is 6.40. The molecule has 2 heterocycles. The number of hydrogen-bond acceptors (Lipinski definition) is 4. The maximum atomic E-state index is 12.4. The van der Waals surface area contributed by atoms with Crippen LogP contribution >= 0.6 is 23.2 Å². The summed E-state index contributed by atoms with van der Waals surface area (Å²) in [7, 11) is 1.60. The number of halogens is 2. The monoisotopic (exact) mass is 379 g/mol. The first-order chi connectivity index (χ1) is 12.1. The molecule has 0 aliphatic heterocycles. The second-order valence-corrected chi connectivity index (χ2v) is 6.00. The van der Waals surface area contributed by atoms with Gasteiger partial charge in [-0.15, -0.1) is 0 Å². The van der Waals surface area contributed by atoms with Gasteiger partial charge in [0.25, 0.3) is 5.91 Å². The predicted octanol–water partition coefficient (Wildman–Crippen LogP) is 4.15. The van der Waals surface area contributed by atoms with E-state index >= 15 is 0 Å². The van der Waals surface area contributed by atoms with Crippen molar-refractivity contribution in [2.24, 2.45) is 0 Å². The molecular weight excluding hydrogens is 365 g/mol. The van der Waals surface area contributed by atoms with E-state index in [1.807, 2.05) is 0 Å². The number of anilines is 1. The molecular formula is C17H15Cl2N3O3. The number of aromatic amines is 1. The largest absolute Gasteiger partial charge is 0.475 e. The second-order valence-electron chi connectivity index (χ2n) is 5.18. The Labute approximate surface area is 154 Å². The minimum absolute atomic E-state index is 0.263. The first kappa shape index (κ1) is 17.5. The highest BCUT2D eigenvalue weighted by Gasteiger charge is 2.17. The molecule has 0 spiro atoms. The molecule has 1 aromatic carbocycles. The van der Waals surface area contributed by atoms with E-state index in [-0.39, 0.29) is 11.6 Å². The lowest BCUT2D eigenvalue weighted by Gasteiger charge is -2.06. The standard InChI is InChI=1S/C17H15Cl2N3O3/c1-24-6-7-25-14-5-3-11(9-20-14)21-17(23)16-15(19)12-8-10(18)2-4-13(12)22-16/h2-5,8-9,22H,6-7H2,1H3,(H,21,23). The van der Waals surface area contributed by atoms with Gasteiger partial charge < -0.3 is 19.8 Å². The van der Waals surface area contributed by atoms with E-state index in [9.17, 15) is 4.79 Å². The van der Waals surface area contributed by atoms with Gasteiger partial charge in [-0.3, -0.25) is 4.79 Å². The van der Waals surface area contributed by atoms with Gasteiger partial charge in [0.2, 0.25) is 5.88 Å². The SMILES string of the molecule is COCCOc1ccc(NC(=O)c2[nH]c3ccc(Cl)cc3c2Cl)cn1. The Hall–Kier alpha value is -2.28. The van der Waals surface area contributed by atoms with Gasteiger partial charge in [-0.2, -0.15) is 0 Å². The van der Waals surface area contributed by atoms with Gasteiger partial charge in [-0.05, 0) is 24.3 Å². The van der Waals surface area contributed by atoms with Crippen molar-refractivity contribution < 1.29 is 14.3 Å². The first-order valence-corrected chi connectivity index (χ1v) is 8.20. The molecule has 3 aromatic rings.